The lowest BCUT2D eigenvalue weighted by molar-refractivity contribution is 0.0479. The Morgan fingerprint density at radius 2 is 1.89 bits per heavy atom. The van der Waals surface area contributed by atoms with Crippen molar-refractivity contribution in [2.45, 2.75) is 0 Å². The van der Waals surface area contributed by atoms with Gasteiger partial charge in [0.1, 0.15) is 4.88 Å². The average Bonchev–Trinajstić information content (AvgIpc) is 2.83. The van der Waals surface area contributed by atoms with Gasteiger partial charge in [-0.1, -0.05) is 30.3 Å². The Balaban J connectivity index is 1.95. The molecule has 0 spiro atoms. The van der Waals surface area contributed by atoms with Gasteiger partial charge in [0.15, 0.2) is 12.4 Å². The first-order chi connectivity index (χ1) is 8.68. The zero-order valence-corrected chi connectivity index (χ0v) is 10.4. The molecule has 1 radical (unpaired) electrons. The van der Waals surface area contributed by atoms with E-state index in [1.807, 2.05) is 6.07 Å². The van der Waals surface area contributed by atoms with Gasteiger partial charge in [-0.15, -0.1) is 11.3 Å². The molecule has 0 N–H and O–H groups in total. The fourth-order valence-corrected chi connectivity index (χ4v) is 2.16. The predicted molar refractivity (Wildman–Crippen MR) is 69.8 cm³/mol. The van der Waals surface area contributed by atoms with Gasteiger partial charge in [0.2, 0.25) is 0 Å². The van der Waals surface area contributed by atoms with Gasteiger partial charge in [0.05, 0.1) is 0 Å². The van der Waals surface area contributed by atoms with Crippen LogP contribution in [-0.4, -0.2) is 18.4 Å². The Labute approximate surface area is 109 Å². The van der Waals surface area contributed by atoms with Gasteiger partial charge < -0.3 is 4.74 Å². The summed E-state index contributed by atoms with van der Waals surface area (Å²) in [5, 5.41) is 1.76. The van der Waals surface area contributed by atoms with Crippen molar-refractivity contribution < 1.29 is 14.3 Å². The first-order valence-electron chi connectivity index (χ1n) is 5.33. The quantitative estimate of drug-likeness (QED) is 0.626. The van der Waals surface area contributed by atoms with Crippen LogP contribution in [-0.2, 0) is 4.74 Å². The highest BCUT2D eigenvalue weighted by molar-refractivity contribution is 7.12. The van der Waals surface area contributed by atoms with Crippen molar-refractivity contribution in [2.75, 3.05) is 6.61 Å². The summed E-state index contributed by atoms with van der Waals surface area (Å²) in [7, 11) is 0. The Morgan fingerprint density at radius 1 is 1.17 bits per heavy atom. The summed E-state index contributed by atoms with van der Waals surface area (Å²) in [4.78, 5) is 23.8. The molecule has 1 aromatic heterocycles. The van der Waals surface area contributed by atoms with E-state index >= 15 is 0 Å². The molecule has 0 bridgehead atoms. The van der Waals surface area contributed by atoms with Gasteiger partial charge in [-0.2, -0.15) is 0 Å². The summed E-state index contributed by atoms with van der Waals surface area (Å²) in [5.41, 5.74) is 1.16. The molecule has 0 fully saturated rings. The maximum atomic E-state index is 11.7. The molecule has 0 atom stereocenters. The first kappa shape index (κ1) is 12.5. The number of hydrogen-bond acceptors (Lipinski definition) is 4. The molecular formula is C14H11O3S. The molecule has 18 heavy (non-hydrogen) atoms. The minimum absolute atomic E-state index is 0.217. The Morgan fingerprint density at radius 3 is 2.50 bits per heavy atom. The third-order valence-corrected chi connectivity index (χ3v) is 3.30. The van der Waals surface area contributed by atoms with E-state index in [0.717, 1.165) is 0 Å². The van der Waals surface area contributed by atoms with Crippen molar-refractivity contribution in [3.8, 4) is 0 Å². The van der Waals surface area contributed by atoms with Crippen molar-refractivity contribution in [3.05, 3.63) is 64.7 Å². The summed E-state index contributed by atoms with van der Waals surface area (Å²) >= 11 is 1.26. The monoisotopic (exact) mass is 259 g/mol. The maximum Gasteiger partial charge on any atom is 0.349 e. The van der Waals surface area contributed by atoms with Gasteiger partial charge in [-0.3, -0.25) is 4.79 Å². The van der Waals surface area contributed by atoms with E-state index in [9.17, 15) is 9.59 Å². The third-order valence-electron chi connectivity index (χ3n) is 2.36. The summed E-state index contributed by atoms with van der Waals surface area (Å²) in [6.45, 7) is 3.46. The number of rotatable bonds is 4. The van der Waals surface area contributed by atoms with E-state index in [2.05, 4.69) is 6.92 Å². The van der Waals surface area contributed by atoms with Gasteiger partial charge in [-0.25, -0.2) is 4.79 Å². The second-order valence-corrected chi connectivity index (χ2v) is 4.56. The van der Waals surface area contributed by atoms with Crippen LogP contribution in [0.4, 0.5) is 0 Å². The van der Waals surface area contributed by atoms with E-state index in [0.29, 0.717) is 16.0 Å². The van der Waals surface area contributed by atoms with Crippen LogP contribution in [0.15, 0.2) is 41.8 Å². The number of thiophene rings is 1. The van der Waals surface area contributed by atoms with E-state index in [4.69, 9.17) is 4.74 Å². The lowest BCUT2D eigenvalue weighted by Crippen LogP contribution is -2.13. The lowest BCUT2D eigenvalue weighted by atomic mass is 10.1. The van der Waals surface area contributed by atoms with Crippen LogP contribution in [0.1, 0.15) is 25.6 Å². The predicted octanol–water partition coefficient (Wildman–Crippen LogP) is 2.97. The fourth-order valence-electron chi connectivity index (χ4n) is 1.42. The standard InChI is InChI=1S/C14H11O3S/c1-10-7-8-18-13(10)14(16)17-9-12(15)11-5-3-2-4-6-11/h2-8H,1,9H2. The van der Waals surface area contributed by atoms with Gasteiger partial charge >= 0.3 is 5.97 Å². The molecule has 4 heteroatoms. The van der Waals surface area contributed by atoms with Gasteiger partial charge in [-0.05, 0) is 23.9 Å². The second-order valence-electron chi connectivity index (χ2n) is 3.64. The minimum atomic E-state index is -0.501. The number of hydrogen-bond donors (Lipinski definition) is 0. The van der Waals surface area contributed by atoms with Crippen molar-refractivity contribution in [2.24, 2.45) is 0 Å². The smallest absolute Gasteiger partial charge is 0.349 e. The summed E-state index contributed by atoms with van der Waals surface area (Å²) in [6, 6.07) is 10.5. The molecule has 91 valence electrons. The number of benzene rings is 1. The lowest BCUT2D eigenvalue weighted by Gasteiger charge is -2.03. The topological polar surface area (TPSA) is 43.4 Å². The molecule has 0 aliphatic heterocycles. The Bertz CT molecular complexity index is 557. The van der Waals surface area contributed by atoms with Crippen molar-refractivity contribution in [1.82, 2.24) is 0 Å². The van der Waals surface area contributed by atoms with E-state index in [1.54, 1.807) is 35.7 Å². The van der Waals surface area contributed by atoms with E-state index in [1.165, 1.54) is 11.3 Å². The SMILES string of the molecule is [CH2]c1ccsc1C(=O)OCC(=O)c1ccccc1. The molecule has 0 saturated heterocycles. The molecule has 0 aliphatic rings. The van der Waals surface area contributed by atoms with Crippen LogP contribution in [0.5, 0.6) is 0 Å². The molecular weight excluding hydrogens is 248 g/mol. The highest BCUT2D eigenvalue weighted by Gasteiger charge is 2.14. The molecule has 1 aromatic carbocycles. The number of esters is 1. The number of Topliss-reactive ketones (excluding diaryl/α,β-unsaturated/α-hetero) is 1. The molecule has 2 aromatic rings. The number of carbonyl (C=O) groups excluding carboxylic acids is 2. The second kappa shape index (κ2) is 5.60. The van der Waals surface area contributed by atoms with Crippen molar-refractivity contribution >= 4 is 23.1 Å². The zero-order valence-electron chi connectivity index (χ0n) is 9.59. The van der Waals surface area contributed by atoms with Gasteiger partial charge in [0, 0.05) is 5.56 Å². The summed E-state index contributed by atoms with van der Waals surface area (Å²) < 4.78 is 4.97. The summed E-state index contributed by atoms with van der Waals surface area (Å²) in [5.74, 6) is -0.717. The van der Waals surface area contributed by atoms with Crippen LogP contribution in [0, 0.1) is 6.92 Å². The van der Waals surface area contributed by atoms with E-state index < -0.39 is 5.97 Å². The molecule has 0 unspecified atom stereocenters. The van der Waals surface area contributed by atoms with Crippen LogP contribution in [0.25, 0.3) is 0 Å². The first-order valence-corrected chi connectivity index (χ1v) is 6.21. The van der Waals surface area contributed by atoms with Crippen LogP contribution in [0.3, 0.4) is 0 Å². The fraction of sp³-hybridized carbons (Fsp3) is 0.0714. The molecule has 0 amide bonds. The van der Waals surface area contributed by atoms with E-state index in [-0.39, 0.29) is 12.4 Å². The number of ether oxygens (including phenoxy) is 1. The van der Waals surface area contributed by atoms with Crippen molar-refractivity contribution in [3.63, 3.8) is 0 Å². The normalized spacial score (nSPS) is 10.1. The maximum absolute atomic E-state index is 11.7. The molecule has 3 nitrogen and oxygen atoms in total. The Hall–Kier alpha value is -1.94. The van der Waals surface area contributed by atoms with Gasteiger partial charge in [0.25, 0.3) is 0 Å². The Kier molecular flexibility index (Phi) is 3.89. The molecule has 0 saturated carbocycles. The average molecular weight is 259 g/mol. The number of carbonyl (C=O) groups is 2. The largest absolute Gasteiger partial charge is 0.453 e. The molecule has 1 heterocycles. The minimum Gasteiger partial charge on any atom is -0.453 e. The number of ketones is 1. The third kappa shape index (κ3) is 2.84. The van der Waals surface area contributed by atoms with Crippen LogP contribution in [0.2, 0.25) is 0 Å². The molecule has 2 rings (SSSR count). The van der Waals surface area contributed by atoms with Crippen molar-refractivity contribution in [1.29, 1.82) is 0 Å². The highest BCUT2D eigenvalue weighted by Crippen LogP contribution is 2.16. The van der Waals surface area contributed by atoms with Crippen LogP contribution < -0.4 is 0 Å². The highest BCUT2D eigenvalue weighted by atomic mass is 32.1. The van der Waals surface area contributed by atoms with Crippen LogP contribution >= 0.6 is 11.3 Å². The zero-order chi connectivity index (χ0) is 13.0. The molecule has 0 aliphatic carbocycles. The summed E-state index contributed by atoms with van der Waals surface area (Å²) in [6.07, 6.45) is 0.